The third-order valence-corrected chi connectivity index (χ3v) is 3.76. The highest BCUT2D eigenvalue weighted by Crippen LogP contribution is 2.34. The van der Waals surface area contributed by atoms with Gasteiger partial charge in [0.25, 0.3) is 5.91 Å². The van der Waals surface area contributed by atoms with Crippen molar-refractivity contribution in [2.45, 2.75) is 19.4 Å². The predicted octanol–water partition coefficient (Wildman–Crippen LogP) is 3.29. The van der Waals surface area contributed by atoms with E-state index in [1.165, 1.54) is 5.56 Å². The summed E-state index contributed by atoms with van der Waals surface area (Å²) in [6, 6.07) is 15.6. The van der Waals surface area contributed by atoms with E-state index in [9.17, 15) is 4.79 Å². The minimum Gasteiger partial charge on any atom is -0.496 e. The molecule has 0 saturated carbocycles. The van der Waals surface area contributed by atoms with Gasteiger partial charge in [0.15, 0.2) is 0 Å². The Bertz CT molecular complexity index is 651. The molecule has 0 spiro atoms. The molecule has 3 nitrogen and oxygen atoms in total. The second kappa shape index (κ2) is 5.00. The molecule has 0 N–H and O–H groups in total. The fourth-order valence-electron chi connectivity index (χ4n) is 2.83. The van der Waals surface area contributed by atoms with Crippen LogP contribution in [0, 0.1) is 0 Å². The van der Waals surface area contributed by atoms with Crippen LogP contribution in [0.5, 0.6) is 5.75 Å². The maximum Gasteiger partial charge on any atom is 0.262 e. The minimum atomic E-state index is -0.0000926. The number of benzene rings is 2. The smallest absolute Gasteiger partial charge is 0.262 e. The zero-order valence-corrected chi connectivity index (χ0v) is 11.7. The highest BCUT2D eigenvalue weighted by atomic mass is 16.5. The fourth-order valence-corrected chi connectivity index (χ4v) is 2.83. The largest absolute Gasteiger partial charge is 0.496 e. The number of methoxy groups -OCH3 is 1. The maximum atomic E-state index is 12.8. The van der Waals surface area contributed by atoms with E-state index >= 15 is 0 Å². The standard InChI is InChI=1S/C17H17NO2/c1-12-11-13-7-3-5-9-15(13)18(12)17(19)14-8-4-6-10-16(14)20-2/h3-10,12H,11H2,1-2H3. The van der Waals surface area contributed by atoms with Crippen LogP contribution in [-0.2, 0) is 6.42 Å². The van der Waals surface area contributed by atoms with E-state index in [-0.39, 0.29) is 11.9 Å². The van der Waals surface area contributed by atoms with E-state index in [1.54, 1.807) is 7.11 Å². The topological polar surface area (TPSA) is 29.5 Å². The lowest BCUT2D eigenvalue weighted by atomic mass is 10.1. The van der Waals surface area contributed by atoms with Crippen LogP contribution < -0.4 is 9.64 Å². The molecular formula is C17H17NO2. The van der Waals surface area contributed by atoms with Gasteiger partial charge in [-0.25, -0.2) is 0 Å². The van der Waals surface area contributed by atoms with Gasteiger partial charge < -0.3 is 9.64 Å². The lowest BCUT2D eigenvalue weighted by molar-refractivity contribution is 0.0978. The lowest BCUT2D eigenvalue weighted by Gasteiger charge is -2.23. The summed E-state index contributed by atoms with van der Waals surface area (Å²) in [4.78, 5) is 14.7. The molecule has 102 valence electrons. The molecule has 1 unspecified atom stereocenters. The SMILES string of the molecule is COc1ccccc1C(=O)N1c2ccccc2CC1C. The molecule has 0 bridgehead atoms. The molecule has 2 aromatic rings. The number of carbonyl (C=O) groups is 1. The normalized spacial score (nSPS) is 16.9. The first-order valence-corrected chi connectivity index (χ1v) is 6.77. The molecule has 20 heavy (non-hydrogen) atoms. The molecule has 0 saturated heterocycles. The molecular weight excluding hydrogens is 250 g/mol. The van der Waals surface area contributed by atoms with Crippen molar-refractivity contribution in [2.75, 3.05) is 12.0 Å². The molecule has 0 aromatic heterocycles. The van der Waals surface area contributed by atoms with E-state index in [0.717, 1.165) is 12.1 Å². The van der Waals surface area contributed by atoms with Crippen LogP contribution in [0.2, 0.25) is 0 Å². The summed E-state index contributed by atoms with van der Waals surface area (Å²) in [7, 11) is 1.59. The molecule has 1 heterocycles. The van der Waals surface area contributed by atoms with Crippen LogP contribution in [0.15, 0.2) is 48.5 Å². The van der Waals surface area contributed by atoms with Crippen molar-refractivity contribution >= 4 is 11.6 Å². The number of nitrogens with zero attached hydrogens (tertiary/aromatic N) is 1. The Kier molecular flexibility index (Phi) is 3.18. The number of hydrogen-bond donors (Lipinski definition) is 0. The summed E-state index contributed by atoms with van der Waals surface area (Å²) in [5, 5.41) is 0. The molecule has 3 rings (SSSR count). The third kappa shape index (κ3) is 1.95. The maximum absolute atomic E-state index is 12.8. The van der Waals surface area contributed by atoms with Crippen molar-refractivity contribution in [2.24, 2.45) is 0 Å². The lowest BCUT2D eigenvalue weighted by Crippen LogP contribution is -2.35. The molecule has 3 heteroatoms. The van der Waals surface area contributed by atoms with Gasteiger partial charge in [0.2, 0.25) is 0 Å². The zero-order chi connectivity index (χ0) is 14.1. The number of para-hydroxylation sites is 2. The van der Waals surface area contributed by atoms with Gasteiger partial charge in [0.05, 0.1) is 12.7 Å². The Hall–Kier alpha value is -2.29. The van der Waals surface area contributed by atoms with Gasteiger partial charge in [-0.3, -0.25) is 4.79 Å². The molecule has 1 amide bonds. The number of amides is 1. The van der Waals surface area contributed by atoms with Gasteiger partial charge in [-0.05, 0) is 37.1 Å². The second-order valence-corrected chi connectivity index (χ2v) is 5.06. The molecule has 0 aliphatic carbocycles. The number of hydrogen-bond acceptors (Lipinski definition) is 2. The monoisotopic (exact) mass is 267 g/mol. The van der Waals surface area contributed by atoms with Gasteiger partial charge >= 0.3 is 0 Å². The van der Waals surface area contributed by atoms with Gasteiger partial charge in [-0.15, -0.1) is 0 Å². The quantitative estimate of drug-likeness (QED) is 0.835. The van der Waals surface area contributed by atoms with Crippen LogP contribution >= 0.6 is 0 Å². The Morgan fingerprint density at radius 2 is 1.85 bits per heavy atom. The van der Waals surface area contributed by atoms with Crippen LogP contribution in [0.25, 0.3) is 0 Å². The van der Waals surface area contributed by atoms with E-state index in [4.69, 9.17) is 4.74 Å². The summed E-state index contributed by atoms with van der Waals surface area (Å²) >= 11 is 0. The summed E-state index contributed by atoms with van der Waals surface area (Å²) in [5.41, 5.74) is 2.85. The first-order valence-electron chi connectivity index (χ1n) is 6.77. The number of carbonyl (C=O) groups excluding carboxylic acids is 1. The van der Waals surface area contributed by atoms with Crippen molar-refractivity contribution < 1.29 is 9.53 Å². The third-order valence-electron chi connectivity index (χ3n) is 3.76. The first-order chi connectivity index (χ1) is 9.72. The Morgan fingerprint density at radius 1 is 1.15 bits per heavy atom. The average molecular weight is 267 g/mol. The zero-order valence-electron chi connectivity index (χ0n) is 11.7. The number of fused-ring (bicyclic) bond motifs is 1. The molecule has 2 aromatic carbocycles. The summed E-state index contributed by atoms with van der Waals surface area (Å²) in [5.74, 6) is 0.619. The van der Waals surface area contributed by atoms with Crippen LogP contribution in [0.1, 0.15) is 22.8 Å². The fraction of sp³-hybridized carbons (Fsp3) is 0.235. The summed E-state index contributed by atoms with van der Waals surface area (Å²) in [6.45, 7) is 2.08. The highest BCUT2D eigenvalue weighted by Gasteiger charge is 2.32. The van der Waals surface area contributed by atoms with Gasteiger partial charge in [0.1, 0.15) is 5.75 Å². The van der Waals surface area contributed by atoms with E-state index in [0.29, 0.717) is 11.3 Å². The van der Waals surface area contributed by atoms with E-state index in [2.05, 4.69) is 13.0 Å². The predicted molar refractivity (Wildman–Crippen MR) is 79.4 cm³/mol. The van der Waals surface area contributed by atoms with Crippen LogP contribution in [0.3, 0.4) is 0 Å². The van der Waals surface area contributed by atoms with Gasteiger partial charge in [-0.1, -0.05) is 30.3 Å². The molecule has 1 aliphatic rings. The summed E-state index contributed by atoms with van der Waals surface area (Å²) in [6.07, 6.45) is 0.900. The Balaban J connectivity index is 2.03. The van der Waals surface area contributed by atoms with Crippen LogP contribution in [-0.4, -0.2) is 19.1 Å². The van der Waals surface area contributed by atoms with Crippen LogP contribution in [0.4, 0.5) is 5.69 Å². The minimum absolute atomic E-state index is 0.0000926. The second-order valence-electron chi connectivity index (χ2n) is 5.06. The van der Waals surface area contributed by atoms with E-state index in [1.807, 2.05) is 47.4 Å². The molecule has 0 fully saturated rings. The average Bonchev–Trinajstić information content (AvgIpc) is 2.82. The summed E-state index contributed by atoms with van der Waals surface area (Å²) < 4.78 is 5.30. The molecule has 1 atom stereocenters. The van der Waals surface area contributed by atoms with Crippen molar-refractivity contribution in [3.05, 3.63) is 59.7 Å². The highest BCUT2D eigenvalue weighted by molar-refractivity contribution is 6.09. The molecule has 0 radical (unpaired) electrons. The van der Waals surface area contributed by atoms with Gasteiger partial charge in [-0.2, -0.15) is 0 Å². The van der Waals surface area contributed by atoms with Gasteiger partial charge in [0, 0.05) is 11.7 Å². The number of rotatable bonds is 2. The Labute approximate surface area is 118 Å². The number of anilines is 1. The van der Waals surface area contributed by atoms with Crippen molar-refractivity contribution in [3.8, 4) is 5.75 Å². The first kappa shape index (κ1) is 12.7. The van der Waals surface area contributed by atoms with Crippen molar-refractivity contribution in [3.63, 3.8) is 0 Å². The van der Waals surface area contributed by atoms with Crippen molar-refractivity contribution in [1.29, 1.82) is 0 Å². The Morgan fingerprint density at radius 3 is 2.65 bits per heavy atom. The number of ether oxygens (including phenoxy) is 1. The van der Waals surface area contributed by atoms with Crippen molar-refractivity contribution in [1.82, 2.24) is 0 Å². The molecule has 1 aliphatic heterocycles. The van der Waals surface area contributed by atoms with E-state index < -0.39 is 0 Å².